The van der Waals surface area contributed by atoms with Crippen LogP contribution in [0.1, 0.15) is 59.0 Å². The first-order chi connectivity index (χ1) is 22.9. The van der Waals surface area contributed by atoms with Crippen LogP contribution in [0.4, 0.5) is 4.39 Å². The minimum atomic E-state index is -1.08. The molecule has 0 radical (unpaired) electrons. The molecule has 0 fully saturated rings. The number of amides is 3. The number of hydrogen-bond acceptors (Lipinski definition) is 4. The fourth-order valence-electron chi connectivity index (χ4n) is 6.21. The largest absolute Gasteiger partial charge is 0.455 e. The van der Waals surface area contributed by atoms with Crippen LogP contribution in [-0.4, -0.2) is 30.3 Å². The molecule has 1 aliphatic carbocycles. The highest BCUT2D eigenvalue weighted by atomic mass is 19.1. The van der Waals surface area contributed by atoms with Crippen molar-refractivity contribution < 1.29 is 23.2 Å². The van der Waals surface area contributed by atoms with E-state index < -0.39 is 22.7 Å². The summed E-state index contributed by atoms with van der Waals surface area (Å²) in [6.07, 6.45) is 5.83. The van der Waals surface area contributed by atoms with E-state index in [4.69, 9.17) is 10.2 Å². The average Bonchev–Trinajstić information content (AvgIpc) is 3.46. The normalized spacial score (nSPS) is 16.0. The van der Waals surface area contributed by atoms with Gasteiger partial charge in [-0.05, 0) is 97.5 Å². The van der Waals surface area contributed by atoms with Crippen LogP contribution in [0, 0.1) is 5.82 Å². The Hall–Kier alpha value is -5.76. The molecular weight excluding hydrogens is 605 g/mol. The van der Waals surface area contributed by atoms with Gasteiger partial charge >= 0.3 is 0 Å². The Kier molecular flexibility index (Phi) is 8.35. The van der Waals surface area contributed by atoms with E-state index in [0.29, 0.717) is 39.0 Å². The zero-order chi connectivity index (χ0) is 34.2. The number of primary amides is 1. The standard InChI is InChI=1S/C40H36FN3O4/c1-39(2,3)44-36(45)31-21-25(14-18-30(31)27-9-8-20-40(23-27,38(42)47)28-10-6-5-7-11-28)26-15-19-33-32(22-26)34(37(46)43-4)35(48-33)24-12-16-29(41)17-13-24/h5-22H,23H2,1-4H3,(H2,42,47)(H,43,46)(H,44,45). The number of allylic oxidation sites excluding steroid dienone is 3. The number of hydrogen-bond donors (Lipinski definition) is 3. The Morgan fingerprint density at radius 3 is 2.19 bits per heavy atom. The molecule has 1 aliphatic rings. The van der Waals surface area contributed by atoms with Crippen LogP contribution in [0.15, 0.2) is 114 Å². The highest BCUT2D eigenvalue weighted by Crippen LogP contribution is 2.41. The predicted octanol–water partition coefficient (Wildman–Crippen LogP) is 7.56. The first-order valence-electron chi connectivity index (χ1n) is 15.7. The van der Waals surface area contributed by atoms with E-state index in [1.807, 2.05) is 99.7 Å². The van der Waals surface area contributed by atoms with Crippen molar-refractivity contribution in [2.24, 2.45) is 5.73 Å². The smallest absolute Gasteiger partial charge is 0.255 e. The number of carbonyl (C=O) groups is 3. The van der Waals surface area contributed by atoms with Gasteiger partial charge in [-0.25, -0.2) is 4.39 Å². The molecule has 1 unspecified atom stereocenters. The summed E-state index contributed by atoms with van der Waals surface area (Å²) in [4.78, 5) is 40.1. The quantitative estimate of drug-likeness (QED) is 0.170. The summed E-state index contributed by atoms with van der Waals surface area (Å²) in [5.41, 5.74) is 10.0. The molecule has 0 aliphatic heterocycles. The molecule has 6 rings (SSSR count). The third kappa shape index (κ3) is 6.05. The van der Waals surface area contributed by atoms with Crippen LogP contribution in [0.3, 0.4) is 0 Å². The zero-order valence-electron chi connectivity index (χ0n) is 27.2. The summed E-state index contributed by atoms with van der Waals surface area (Å²) >= 11 is 0. The number of nitrogens with one attached hydrogen (secondary N) is 2. The predicted molar refractivity (Wildman–Crippen MR) is 187 cm³/mol. The van der Waals surface area contributed by atoms with Gasteiger partial charge in [-0.2, -0.15) is 0 Å². The second-order valence-corrected chi connectivity index (χ2v) is 13.0. The molecule has 7 nitrogen and oxygen atoms in total. The minimum absolute atomic E-state index is 0.270. The van der Waals surface area contributed by atoms with Crippen molar-refractivity contribution in [1.82, 2.24) is 10.6 Å². The van der Waals surface area contributed by atoms with Crippen LogP contribution in [0.25, 0.3) is 39.0 Å². The third-order valence-electron chi connectivity index (χ3n) is 8.56. The summed E-state index contributed by atoms with van der Waals surface area (Å²) in [6.45, 7) is 5.74. The van der Waals surface area contributed by atoms with Crippen molar-refractivity contribution in [3.63, 3.8) is 0 Å². The summed E-state index contributed by atoms with van der Waals surface area (Å²) in [5.74, 6) is -1.16. The monoisotopic (exact) mass is 641 g/mol. The molecule has 1 heterocycles. The van der Waals surface area contributed by atoms with Crippen molar-refractivity contribution in [3.8, 4) is 22.5 Å². The molecule has 5 aromatic rings. The Morgan fingerprint density at radius 1 is 0.854 bits per heavy atom. The first-order valence-corrected chi connectivity index (χ1v) is 15.7. The number of benzene rings is 4. The number of fused-ring (bicyclic) bond motifs is 1. The summed E-state index contributed by atoms with van der Waals surface area (Å²) in [6, 6.07) is 26.3. The molecule has 0 saturated heterocycles. The van der Waals surface area contributed by atoms with E-state index >= 15 is 0 Å². The lowest BCUT2D eigenvalue weighted by Gasteiger charge is -2.32. The maximum Gasteiger partial charge on any atom is 0.255 e. The van der Waals surface area contributed by atoms with Gasteiger partial charge in [-0.1, -0.05) is 66.8 Å². The van der Waals surface area contributed by atoms with Gasteiger partial charge in [0.05, 0.1) is 11.0 Å². The first kappa shape index (κ1) is 32.2. The number of nitrogens with two attached hydrogens (primary N) is 1. The highest BCUT2D eigenvalue weighted by molar-refractivity contribution is 6.12. The highest BCUT2D eigenvalue weighted by Gasteiger charge is 2.39. The van der Waals surface area contributed by atoms with E-state index in [2.05, 4.69) is 10.6 Å². The van der Waals surface area contributed by atoms with Gasteiger partial charge in [0.2, 0.25) is 5.91 Å². The van der Waals surface area contributed by atoms with E-state index in [1.165, 1.54) is 19.2 Å². The molecule has 1 aromatic heterocycles. The molecule has 4 N–H and O–H groups in total. The molecule has 4 aromatic carbocycles. The molecular formula is C40H36FN3O4. The SMILES string of the molecule is CNC(=O)c1c(-c2ccc(F)cc2)oc2ccc(-c3ccc(C4=CC=CC(C(N)=O)(c5ccccc5)C4)c(C(=O)NC(C)(C)C)c3)cc12. The lowest BCUT2D eigenvalue weighted by molar-refractivity contribution is -0.121. The lowest BCUT2D eigenvalue weighted by atomic mass is 9.71. The number of rotatable bonds is 7. The Labute approximate surface area is 278 Å². The Bertz CT molecular complexity index is 2120. The fourth-order valence-corrected chi connectivity index (χ4v) is 6.21. The van der Waals surface area contributed by atoms with Crippen LogP contribution in [-0.2, 0) is 10.2 Å². The number of halogens is 1. The van der Waals surface area contributed by atoms with Gasteiger partial charge in [-0.15, -0.1) is 0 Å². The lowest BCUT2D eigenvalue weighted by Crippen LogP contribution is -2.42. The van der Waals surface area contributed by atoms with Gasteiger partial charge in [0.25, 0.3) is 11.8 Å². The number of furan rings is 1. The van der Waals surface area contributed by atoms with Crippen LogP contribution in [0.2, 0.25) is 0 Å². The molecule has 0 saturated carbocycles. The topological polar surface area (TPSA) is 114 Å². The van der Waals surface area contributed by atoms with E-state index in [1.54, 1.807) is 18.2 Å². The molecule has 0 spiro atoms. The van der Waals surface area contributed by atoms with Crippen LogP contribution < -0.4 is 16.4 Å². The zero-order valence-corrected chi connectivity index (χ0v) is 27.2. The van der Waals surface area contributed by atoms with E-state index in [0.717, 1.165) is 22.3 Å². The average molecular weight is 642 g/mol. The van der Waals surface area contributed by atoms with E-state index in [-0.39, 0.29) is 18.2 Å². The van der Waals surface area contributed by atoms with Gasteiger partial charge in [0.15, 0.2) is 0 Å². The van der Waals surface area contributed by atoms with Gasteiger partial charge in [0, 0.05) is 29.1 Å². The van der Waals surface area contributed by atoms with E-state index in [9.17, 15) is 18.8 Å². The maximum absolute atomic E-state index is 13.9. The summed E-state index contributed by atoms with van der Waals surface area (Å²) in [7, 11) is 1.54. The maximum atomic E-state index is 13.9. The molecule has 8 heteroatoms. The van der Waals surface area contributed by atoms with Crippen molar-refractivity contribution in [3.05, 3.63) is 137 Å². The third-order valence-corrected chi connectivity index (χ3v) is 8.56. The number of carbonyl (C=O) groups excluding carboxylic acids is 3. The van der Waals surface area contributed by atoms with Crippen LogP contribution >= 0.6 is 0 Å². The van der Waals surface area contributed by atoms with Gasteiger partial charge < -0.3 is 20.8 Å². The Balaban J connectivity index is 1.47. The second-order valence-electron chi connectivity index (χ2n) is 13.0. The van der Waals surface area contributed by atoms with Crippen LogP contribution in [0.5, 0.6) is 0 Å². The minimum Gasteiger partial charge on any atom is -0.455 e. The van der Waals surface area contributed by atoms with Gasteiger partial charge in [-0.3, -0.25) is 14.4 Å². The van der Waals surface area contributed by atoms with Crippen molar-refractivity contribution >= 4 is 34.3 Å². The second kappa shape index (κ2) is 12.4. The summed E-state index contributed by atoms with van der Waals surface area (Å²) in [5, 5.41) is 6.34. The molecule has 3 amide bonds. The molecule has 0 bridgehead atoms. The van der Waals surface area contributed by atoms with Crippen molar-refractivity contribution in [1.29, 1.82) is 0 Å². The molecule has 242 valence electrons. The Morgan fingerprint density at radius 2 is 1.52 bits per heavy atom. The van der Waals surface area contributed by atoms with Crippen molar-refractivity contribution in [2.45, 2.75) is 38.1 Å². The molecule has 1 atom stereocenters. The van der Waals surface area contributed by atoms with Crippen molar-refractivity contribution in [2.75, 3.05) is 7.05 Å². The van der Waals surface area contributed by atoms with Gasteiger partial charge in [0.1, 0.15) is 17.2 Å². The fraction of sp³-hybridized carbons (Fsp3) is 0.175. The summed E-state index contributed by atoms with van der Waals surface area (Å²) < 4.78 is 19.8. The molecule has 48 heavy (non-hydrogen) atoms.